The Bertz CT molecular complexity index is 323. The van der Waals surface area contributed by atoms with Gasteiger partial charge in [0.2, 0.25) is 0 Å². The standard InChI is InChI=1S/C11H16ClO2P/c1-9-7-5-6-8-10(9)13-15(12)14-11(2,3)4/h5-8H,1-4H3. The molecule has 1 atom stereocenters. The van der Waals surface area contributed by atoms with Crippen molar-refractivity contribution in [1.29, 1.82) is 0 Å². The first kappa shape index (κ1) is 12.8. The Hall–Kier alpha value is -0.300. The molecule has 1 aromatic rings. The van der Waals surface area contributed by atoms with Crippen LogP contribution in [-0.4, -0.2) is 5.60 Å². The van der Waals surface area contributed by atoms with Gasteiger partial charge in [-0.2, -0.15) is 0 Å². The maximum atomic E-state index is 5.99. The number of hydrogen-bond acceptors (Lipinski definition) is 2. The van der Waals surface area contributed by atoms with E-state index in [9.17, 15) is 0 Å². The lowest BCUT2D eigenvalue weighted by molar-refractivity contribution is 0.140. The minimum Gasteiger partial charge on any atom is -0.436 e. The Morgan fingerprint density at radius 3 is 2.33 bits per heavy atom. The number of benzene rings is 1. The second-order valence-corrected chi connectivity index (χ2v) is 5.89. The summed E-state index contributed by atoms with van der Waals surface area (Å²) in [6.45, 7) is 7.83. The summed E-state index contributed by atoms with van der Waals surface area (Å²) >= 11 is 5.99. The first-order chi connectivity index (χ1) is 6.88. The number of halogens is 1. The highest BCUT2D eigenvalue weighted by atomic mass is 35.7. The van der Waals surface area contributed by atoms with Crippen LogP contribution < -0.4 is 4.52 Å². The van der Waals surface area contributed by atoms with Gasteiger partial charge in [-0.05, 0) is 50.6 Å². The summed E-state index contributed by atoms with van der Waals surface area (Å²) in [5, 5.41) is 0. The summed E-state index contributed by atoms with van der Waals surface area (Å²) in [6.07, 6.45) is 0. The van der Waals surface area contributed by atoms with Crippen LogP contribution in [0.2, 0.25) is 0 Å². The molecule has 0 aliphatic heterocycles. The lowest BCUT2D eigenvalue weighted by Gasteiger charge is -2.22. The van der Waals surface area contributed by atoms with E-state index in [2.05, 4.69) is 0 Å². The predicted octanol–water partition coefficient (Wildman–Crippen LogP) is 4.65. The Morgan fingerprint density at radius 1 is 1.20 bits per heavy atom. The lowest BCUT2D eigenvalue weighted by Crippen LogP contribution is -2.15. The fourth-order valence-corrected chi connectivity index (χ4v) is 2.64. The van der Waals surface area contributed by atoms with Crippen molar-refractivity contribution in [3.05, 3.63) is 29.8 Å². The highest BCUT2D eigenvalue weighted by molar-refractivity contribution is 7.76. The highest BCUT2D eigenvalue weighted by Gasteiger charge is 2.20. The average Bonchev–Trinajstić information content (AvgIpc) is 2.05. The number of aryl methyl sites for hydroxylation is 1. The van der Waals surface area contributed by atoms with E-state index in [1.165, 1.54) is 0 Å². The molecule has 0 bridgehead atoms. The molecule has 1 rings (SSSR count). The largest absolute Gasteiger partial charge is 0.436 e. The van der Waals surface area contributed by atoms with Crippen LogP contribution >= 0.6 is 19.0 Å². The third-order valence-corrected chi connectivity index (χ3v) is 3.05. The molecular weight excluding hydrogens is 231 g/mol. The van der Waals surface area contributed by atoms with Crippen molar-refractivity contribution in [2.75, 3.05) is 0 Å². The van der Waals surface area contributed by atoms with Crippen LogP contribution in [0.4, 0.5) is 0 Å². The SMILES string of the molecule is Cc1ccccc1OP(Cl)OC(C)(C)C. The van der Waals surface area contributed by atoms with Crippen molar-refractivity contribution in [2.24, 2.45) is 0 Å². The van der Waals surface area contributed by atoms with E-state index in [4.69, 9.17) is 20.3 Å². The molecule has 84 valence electrons. The summed E-state index contributed by atoms with van der Waals surface area (Å²) in [7, 11) is -1.39. The van der Waals surface area contributed by atoms with E-state index in [0.29, 0.717) is 0 Å². The molecule has 0 spiro atoms. The predicted molar refractivity (Wildman–Crippen MR) is 65.4 cm³/mol. The first-order valence-electron chi connectivity index (χ1n) is 4.77. The van der Waals surface area contributed by atoms with Crippen LogP contribution in [0.5, 0.6) is 5.75 Å². The van der Waals surface area contributed by atoms with Crippen LogP contribution in [0.3, 0.4) is 0 Å². The molecule has 2 nitrogen and oxygen atoms in total. The summed E-state index contributed by atoms with van der Waals surface area (Å²) in [5.74, 6) is 0.780. The van der Waals surface area contributed by atoms with Gasteiger partial charge < -0.3 is 9.05 Å². The molecule has 0 fully saturated rings. The molecule has 0 aromatic heterocycles. The van der Waals surface area contributed by atoms with Crippen molar-refractivity contribution < 1.29 is 9.05 Å². The van der Waals surface area contributed by atoms with Gasteiger partial charge in [0.1, 0.15) is 5.75 Å². The number of hydrogen-bond donors (Lipinski definition) is 0. The fraction of sp³-hybridized carbons (Fsp3) is 0.455. The molecule has 0 N–H and O–H groups in total. The van der Waals surface area contributed by atoms with Crippen LogP contribution in [0, 0.1) is 6.92 Å². The first-order valence-corrected chi connectivity index (χ1v) is 6.85. The molecule has 0 aliphatic rings. The van der Waals surface area contributed by atoms with Gasteiger partial charge in [-0.25, -0.2) is 0 Å². The van der Waals surface area contributed by atoms with Crippen molar-refractivity contribution in [3.63, 3.8) is 0 Å². The van der Waals surface area contributed by atoms with E-state index >= 15 is 0 Å². The van der Waals surface area contributed by atoms with Crippen molar-refractivity contribution in [1.82, 2.24) is 0 Å². The Balaban J connectivity index is 2.59. The highest BCUT2D eigenvalue weighted by Crippen LogP contribution is 2.48. The quantitative estimate of drug-likeness (QED) is 0.723. The van der Waals surface area contributed by atoms with E-state index in [1.807, 2.05) is 52.0 Å². The fourth-order valence-electron chi connectivity index (χ4n) is 0.970. The van der Waals surface area contributed by atoms with Crippen molar-refractivity contribution in [2.45, 2.75) is 33.3 Å². The molecular formula is C11H16ClO2P. The zero-order valence-electron chi connectivity index (χ0n) is 9.45. The van der Waals surface area contributed by atoms with E-state index in [1.54, 1.807) is 0 Å². The molecule has 0 radical (unpaired) electrons. The minimum atomic E-state index is -1.39. The van der Waals surface area contributed by atoms with Gasteiger partial charge in [0.05, 0.1) is 5.60 Å². The third-order valence-electron chi connectivity index (χ3n) is 1.61. The van der Waals surface area contributed by atoms with Gasteiger partial charge in [0, 0.05) is 0 Å². The normalized spacial score (nSPS) is 13.7. The molecule has 15 heavy (non-hydrogen) atoms. The van der Waals surface area contributed by atoms with E-state index in [0.717, 1.165) is 11.3 Å². The summed E-state index contributed by atoms with van der Waals surface area (Å²) in [5.41, 5.74) is 0.777. The van der Waals surface area contributed by atoms with Gasteiger partial charge in [0.25, 0.3) is 0 Å². The molecule has 0 amide bonds. The van der Waals surface area contributed by atoms with E-state index < -0.39 is 7.73 Å². The summed E-state index contributed by atoms with van der Waals surface area (Å²) in [4.78, 5) is 0. The van der Waals surface area contributed by atoms with Crippen molar-refractivity contribution in [3.8, 4) is 5.75 Å². The molecule has 4 heteroatoms. The molecule has 1 unspecified atom stereocenters. The summed E-state index contributed by atoms with van der Waals surface area (Å²) < 4.78 is 11.0. The Kier molecular flexibility index (Phi) is 4.39. The van der Waals surface area contributed by atoms with Crippen LogP contribution in [0.1, 0.15) is 26.3 Å². The maximum absolute atomic E-state index is 5.99. The summed E-state index contributed by atoms with van der Waals surface area (Å²) in [6, 6.07) is 7.74. The minimum absolute atomic E-state index is 0.282. The third kappa shape index (κ3) is 4.83. The molecule has 0 heterocycles. The maximum Gasteiger partial charge on any atom is 0.338 e. The van der Waals surface area contributed by atoms with Crippen LogP contribution in [0.25, 0.3) is 0 Å². The van der Waals surface area contributed by atoms with Gasteiger partial charge in [0.15, 0.2) is 0 Å². The van der Waals surface area contributed by atoms with Gasteiger partial charge in [-0.3, -0.25) is 0 Å². The van der Waals surface area contributed by atoms with Crippen LogP contribution in [-0.2, 0) is 4.52 Å². The average molecular weight is 247 g/mol. The van der Waals surface area contributed by atoms with Gasteiger partial charge >= 0.3 is 7.73 Å². The Morgan fingerprint density at radius 2 is 1.80 bits per heavy atom. The molecule has 1 aromatic carbocycles. The molecule has 0 saturated carbocycles. The zero-order valence-corrected chi connectivity index (χ0v) is 11.1. The molecule has 0 aliphatic carbocycles. The molecule has 0 saturated heterocycles. The monoisotopic (exact) mass is 246 g/mol. The number of para-hydroxylation sites is 1. The van der Waals surface area contributed by atoms with Gasteiger partial charge in [-0.15, -0.1) is 0 Å². The lowest BCUT2D eigenvalue weighted by atomic mass is 10.2. The smallest absolute Gasteiger partial charge is 0.338 e. The topological polar surface area (TPSA) is 18.5 Å². The zero-order chi connectivity index (χ0) is 11.5. The van der Waals surface area contributed by atoms with Crippen LogP contribution in [0.15, 0.2) is 24.3 Å². The second kappa shape index (κ2) is 5.16. The van der Waals surface area contributed by atoms with Crippen molar-refractivity contribution >= 4 is 19.0 Å². The second-order valence-electron chi connectivity index (χ2n) is 4.27. The Labute approximate surface area is 97.3 Å². The van der Waals surface area contributed by atoms with Gasteiger partial charge in [-0.1, -0.05) is 18.2 Å². The van der Waals surface area contributed by atoms with E-state index in [-0.39, 0.29) is 5.60 Å². The number of rotatable bonds is 3.